The van der Waals surface area contributed by atoms with Gasteiger partial charge in [0.2, 0.25) is 0 Å². The zero-order valence-corrected chi connectivity index (χ0v) is 8.13. The van der Waals surface area contributed by atoms with Gasteiger partial charge in [-0.2, -0.15) is 0 Å². The molecular formula is C6H14AlNO. The fourth-order valence-corrected chi connectivity index (χ4v) is 1.63. The highest BCUT2D eigenvalue weighted by molar-refractivity contribution is 6.11. The van der Waals surface area contributed by atoms with E-state index in [1.165, 1.54) is 0 Å². The molecule has 3 unspecified atom stereocenters. The molecule has 52 valence electrons. The normalized spacial score (nSPS) is 44.9. The summed E-state index contributed by atoms with van der Waals surface area (Å²) in [5.41, 5.74) is 5.78. The summed E-state index contributed by atoms with van der Waals surface area (Å²) in [6, 6.07) is 0.320. The lowest BCUT2D eigenvalue weighted by molar-refractivity contribution is 0.0211. The lowest BCUT2D eigenvalue weighted by atomic mass is 10.0. The van der Waals surface area contributed by atoms with Gasteiger partial charge in [0.1, 0.15) is 0 Å². The molecule has 1 saturated heterocycles. The van der Waals surface area contributed by atoms with Gasteiger partial charge in [-0.3, -0.25) is 0 Å². The Balaban J connectivity index is 2.35. The molecule has 3 heteroatoms. The molecule has 1 fully saturated rings. The summed E-state index contributed by atoms with van der Waals surface area (Å²) in [5, 5.41) is 0. The first-order valence-corrected chi connectivity index (χ1v) is 4.73. The number of ether oxygens (including phenoxy) is 1. The molecule has 1 aliphatic rings. The van der Waals surface area contributed by atoms with Crippen molar-refractivity contribution in [3.05, 3.63) is 0 Å². The van der Waals surface area contributed by atoms with Gasteiger partial charge in [0.25, 0.3) is 16.3 Å². The average molecular weight is 143 g/mol. The average Bonchev–Trinajstić information content (AvgIpc) is 1.80. The number of hydrogen-bond acceptors (Lipinski definition) is 2. The Morgan fingerprint density at radius 2 is 2.33 bits per heavy atom. The van der Waals surface area contributed by atoms with Crippen molar-refractivity contribution < 1.29 is 4.74 Å². The predicted molar refractivity (Wildman–Crippen MR) is 40.0 cm³/mol. The number of nitrogens with two attached hydrogens (primary N) is 1. The van der Waals surface area contributed by atoms with E-state index >= 15 is 0 Å². The Kier molecular flexibility index (Phi) is 2.54. The Hall–Kier alpha value is 0.452. The molecule has 1 heterocycles. The number of hydrogen-bond donors (Lipinski definition) is 1. The maximum Gasteiger partial charge on any atom is 0.261 e. The van der Waals surface area contributed by atoms with E-state index in [9.17, 15) is 0 Å². The van der Waals surface area contributed by atoms with Gasteiger partial charge in [-0.15, -0.1) is 0 Å². The minimum atomic E-state index is 0.320. The molecule has 0 spiro atoms. The summed E-state index contributed by atoms with van der Waals surface area (Å²) in [7, 11) is 0. The van der Waals surface area contributed by atoms with Crippen LogP contribution in [0.3, 0.4) is 0 Å². The standard InChI is InChI=1S/C6H12NO.Al.2H/c1-5-2-6(7)4-8-3-5;;;/h4-6H,2-3,7H2,1H3;;;. The van der Waals surface area contributed by atoms with E-state index in [0.717, 1.165) is 29.3 Å². The van der Waals surface area contributed by atoms with E-state index < -0.39 is 0 Å². The Morgan fingerprint density at radius 3 is 2.78 bits per heavy atom. The maximum absolute atomic E-state index is 5.78. The molecule has 0 saturated carbocycles. The zero-order valence-electron chi connectivity index (χ0n) is 6.13. The van der Waals surface area contributed by atoms with Crippen molar-refractivity contribution in [3.63, 3.8) is 0 Å². The molecule has 0 radical (unpaired) electrons. The monoisotopic (exact) mass is 143 g/mol. The van der Waals surface area contributed by atoms with Crippen molar-refractivity contribution in [1.29, 1.82) is 0 Å². The second kappa shape index (κ2) is 3.03. The van der Waals surface area contributed by atoms with E-state index in [-0.39, 0.29) is 0 Å². The maximum atomic E-state index is 5.78. The molecule has 0 aromatic carbocycles. The smallest absolute Gasteiger partial charge is 0.261 e. The van der Waals surface area contributed by atoms with Crippen molar-refractivity contribution in [2.75, 3.05) is 6.61 Å². The SMILES string of the molecule is CC1CO[CH]([AlH2])C(N)C1. The molecule has 9 heavy (non-hydrogen) atoms. The van der Waals surface area contributed by atoms with Crippen molar-refractivity contribution in [2.45, 2.75) is 24.4 Å². The zero-order chi connectivity index (χ0) is 6.85. The van der Waals surface area contributed by atoms with Crippen LogP contribution in [0.1, 0.15) is 13.3 Å². The Morgan fingerprint density at radius 1 is 1.67 bits per heavy atom. The number of rotatable bonds is 0. The van der Waals surface area contributed by atoms with Crippen LogP contribution in [0.15, 0.2) is 0 Å². The first kappa shape index (κ1) is 7.56. The van der Waals surface area contributed by atoms with Gasteiger partial charge in [-0.05, 0) is 12.3 Å². The van der Waals surface area contributed by atoms with Gasteiger partial charge in [0.15, 0.2) is 0 Å². The van der Waals surface area contributed by atoms with Crippen LogP contribution in [0.4, 0.5) is 0 Å². The third-order valence-corrected chi connectivity index (χ3v) is 3.11. The quantitative estimate of drug-likeness (QED) is 0.456. The van der Waals surface area contributed by atoms with Crippen LogP contribution in [0.2, 0.25) is 0 Å². The molecule has 2 nitrogen and oxygen atoms in total. The Labute approximate surface area is 64.2 Å². The van der Waals surface area contributed by atoms with Crippen LogP contribution >= 0.6 is 0 Å². The second-order valence-electron chi connectivity index (χ2n) is 3.04. The van der Waals surface area contributed by atoms with Crippen molar-refractivity contribution in [2.24, 2.45) is 11.7 Å². The summed E-state index contributed by atoms with van der Waals surface area (Å²) in [5.74, 6) is 0.671. The molecular weight excluding hydrogens is 129 g/mol. The second-order valence-corrected chi connectivity index (χ2v) is 4.18. The van der Waals surface area contributed by atoms with E-state index in [1.54, 1.807) is 0 Å². The van der Waals surface area contributed by atoms with Crippen LogP contribution in [0.5, 0.6) is 0 Å². The fourth-order valence-electron chi connectivity index (χ4n) is 1.16. The van der Waals surface area contributed by atoms with Gasteiger partial charge >= 0.3 is 0 Å². The lowest BCUT2D eigenvalue weighted by Crippen LogP contribution is -2.43. The fraction of sp³-hybridized carbons (Fsp3) is 1.00. The third kappa shape index (κ3) is 1.94. The van der Waals surface area contributed by atoms with Gasteiger partial charge in [-0.1, -0.05) is 6.92 Å². The van der Waals surface area contributed by atoms with Gasteiger partial charge in [-0.25, -0.2) is 0 Å². The lowest BCUT2D eigenvalue weighted by Gasteiger charge is -2.30. The summed E-state index contributed by atoms with van der Waals surface area (Å²) in [6.07, 6.45) is 1.15. The van der Waals surface area contributed by atoms with E-state index in [2.05, 4.69) is 6.92 Å². The van der Waals surface area contributed by atoms with Gasteiger partial charge in [0.05, 0.1) is 0 Å². The van der Waals surface area contributed by atoms with Crippen LogP contribution in [0, 0.1) is 5.92 Å². The predicted octanol–water partition coefficient (Wildman–Crippen LogP) is -0.671. The highest BCUT2D eigenvalue weighted by Gasteiger charge is 2.21. The van der Waals surface area contributed by atoms with Gasteiger partial charge < -0.3 is 10.5 Å². The van der Waals surface area contributed by atoms with Crippen molar-refractivity contribution in [3.8, 4) is 0 Å². The highest BCUT2D eigenvalue weighted by Crippen LogP contribution is 2.14. The first-order valence-electron chi connectivity index (χ1n) is 3.57. The highest BCUT2D eigenvalue weighted by atomic mass is 27.0. The minimum absolute atomic E-state index is 0.320. The Bertz CT molecular complexity index is 99.1. The third-order valence-electron chi connectivity index (χ3n) is 1.92. The molecule has 0 aliphatic carbocycles. The topological polar surface area (TPSA) is 35.2 Å². The van der Waals surface area contributed by atoms with E-state index in [1.807, 2.05) is 0 Å². The van der Waals surface area contributed by atoms with E-state index in [4.69, 9.17) is 10.5 Å². The summed E-state index contributed by atoms with van der Waals surface area (Å²) in [6.45, 7) is 3.11. The summed E-state index contributed by atoms with van der Waals surface area (Å²) >= 11 is 1.08. The van der Waals surface area contributed by atoms with Crippen LogP contribution < -0.4 is 5.73 Å². The molecule has 2 N–H and O–H groups in total. The molecule has 3 atom stereocenters. The summed E-state index contributed by atoms with van der Waals surface area (Å²) in [4.78, 5) is 0.404. The molecule has 0 bridgehead atoms. The van der Waals surface area contributed by atoms with Crippen LogP contribution in [-0.2, 0) is 4.74 Å². The molecule has 1 rings (SSSR count). The first-order chi connectivity index (χ1) is 4.20. The van der Waals surface area contributed by atoms with E-state index in [0.29, 0.717) is 16.9 Å². The van der Waals surface area contributed by atoms with Crippen LogP contribution in [0.25, 0.3) is 0 Å². The molecule has 0 aromatic rings. The molecule has 0 aromatic heterocycles. The molecule has 0 amide bonds. The minimum Gasteiger partial charge on any atom is -0.392 e. The molecule has 1 aliphatic heterocycles. The van der Waals surface area contributed by atoms with Gasteiger partial charge in [0, 0.05) is 17.6 Å². The summed E-state index contributed by atoms with van der Waals surface area (Å²) < 4.78 is 5.44. The van der Waals surface area contributed by atoms with Crippen molar-refractivity contribution >= 4 is 16.3 Å². The van der Waals surface area contributed by atoms with Crippen LogP contribution in [-0.4, -0.2) is 33.9 Å². The van der Waals surface area contributed by atoms with Crippen molar-refractivity contribution in [1.82, 2.24) is 0 Å². The largest absolute Gasteiger partial charge is 0.392 e.